The van der Waals surface area contributed by atoms with Gasteiger partial charge in [0.2, 0.25) is 0 Å². The van der Waals surface area contributed by atoms with Crippen LogP contribution >= 0.6 is 0 Å². The molecule has 0 atom stereocenters. The zero-order valence-electron chi connectivity index (χ0n) is 15.7. The van der Waals surface area contributed by atoms with Gasteiger partial charge in [-0.3, -0.25) is 9.69 Å². The fraction of sp³-hybridized carbons (Fsp3) is 0.409. The topological polar surface area (TPSA) is 51.9 Å². The molecule has 0 unspecified atom stereocenters. The van der Waals surface area contributed by atoms with Gasteiger partial charge in [0.1, 0.15) is 17.9 Å². The Hall–Kier alpha value is -2.53. The maximum absolute atomic E-state index is 11.9. The molecule has 5 heteroatoms. The van der Waals surface area contributed by atoms with Gasteiger partial charge in [0.05, 0.1) is 19.3 Å². The Bertz CT molecular complexity index is 940. The second kappa shape index (κ2) is 8.01. The second-order valence-electron chi connectivity index (χ2n) is 6.96. The Labute approximate surface area is 158 Å². The molecule has 4 rings (SSSR count). The monoisotopic (exact) mass is 367 g/mol. The van der Waals surface area contributed by atoms with E-state index < -0.39 is 0 Å². The molecule has 0 N–H and O–H groups in total. The summed E-state index contributed by atoms with van der Waals surface area (Å²) in [5, 5.41) is 3.12. The smallest absolute Gasteiger partial charge is 0.310 e. The fourth-order valence-corrected chi connectivity index (χ4v) is 3.80. The van der Waals surface area contributed by atoms with Crippen molar-refractivity contribution in [2.75, 3.05) is 32.8 Å². The number of carbonyl (C=O) groups is 1. The van der Waals surface area contributed by atoms with Crippen LogP contribution in [0.4, 0.5) is 0 Å². The van der Waals surface area contributed by atoms with Gasteiger partial charge in [0.15, 0.2) is 0 Å². The Kier molecular flexibility index (Phi) is 5.30. The van der Waals surface area contributed by atoms with Gasteiger partial charge in [-0.15, -0.1) is 0 Å². The highest BCUT2D eigenvalue weighted by Gasteiger charge is 2.15. The normalized spacial score (nSPS) is 14.9. The third-order valence-corrected chi connectivity index (χ3v) is 5.12. The highest BCUT2D eigenvalue weighted by atomic mass is 16.5. The van der Waals surface area contributed by atoms with Crippen LogP contribution in [0.1, 0.15) is 25.3 Å². The zero-order valence-corrected chi connectivity index (χ0v) is 15.7. The molecule has 142 valence electrons. The molecule has 0 aliphatic carbocycles. The molecule has 0 spiro atoms. The van der Waals surface area contributed by atoms with Crippen molar-refractivity contribution in [1.29, 1.82) is 0 Å². The van der Waals surface area contributed by atoms with Crippen LogP contribution in [0.15, 0.2) is 41.0 Å². The van der Waals surface area contributed by atoms with E-state index in [4.69, 9.17) is 13.9 Å². The average Bonchev–Trinajstić information content (AvgIpc) is 3.32. The Balaban J connectivity index is 1.54. The molecule has 1 aliphatic heterocycles. The van der Waals surface area contributed by atoms with Gasteiger partial charge in [-0.25, -0.2) is 0 Å². The van der Waals surface area contributed by atoms with Crippen LogP contribution in [0.25, 0.3) is 21.7 Å². The molecule has 5 nitrogen and oxygen atoms in total. The quantitative estimate of drug-likeness (QED) is 0.587. The van der Waals surface area contributed by atoms with E-state index in [9.17, 15) is 4.79 Å². The van der Waals surface area contributed by atoms with E-state index in [1.807, 2.05) is 31.2 Å². The fourth-order valence-electron chi connectivity index (χ4n) is 3.80. The lowest BCUT2D eigenvalue weighted by Crippen LogP contribution is -2.25. The predicted octanol–water partition coefficient (Wildman–Crippen LogP) is 4.17. The summed E-state index contributed by atoms with van der Waals surface area (Å²) in [7, 11) is 0. The van der Waals surface area contributed by atoms with Gasteiger partial charge in [-0.2, -0.15) is 0 Å². The minimum Gasteiger partial charge on any atom is -0.492 e. The van der Waals surface area contributed by atoms with Crippen molar-refractivity contribution in [2.24, 2.45) is 0 Å². The zero-order chi connectivity index (χ0) is 18.6. The van der Waals surface area contributed by atoms with Crippen LogP contribution in [-0.4, -0.2) is 43.7 Å². The number of ether oxygens (including phenoxy) is 2. The molecular weight excluding hydrogens is 342 g/mol. The first-order valence-electron chi connectivity index (χ1n) is 9.68. The van der Waals surface area contributed by atoms with Crippen molar-refractivity contribution >= 4 is 27.7 Å². The van der Waals surface area contributed by atoms with Crippen molar-refractivity contribution < 1.29 is 18.7 Å². The van der Waals surface area contributed by atoms with Crippen molar-refractivity contribution in [1.82, 2.24) is 4.90 Å². The number of likely N-dealkylation sites (tertiary alicyclic amines) is 1. The van der Waals surface area contributed by atoms with Crippen molar-refractivity contribution in [3.05, 3.63) is 42.2 Å². The van der Waals surface area contributed by atoms with E-state index in [0.717, 1.165) is 39.6 Å². The van der Waals surface area contributed by atoms with Gasteiger partial charge in [0.25, 0.3) is 0 Å². The Morgan fingerprint density at radius 1 is 1.19 bits per heavy atom. The average molecular weight is 367 g/mol. The SMILES string of the molecule is CCOC(=O)Cc1coc2ccc3cc(OCCN4CCCC4)ccc3c12. The molecule has 1 aromatic heterocycles. The minimum absolute atomic E-state index is 0.216. The summed E-state index contributed by atoms with van der Waals surface area (Å²) in [5.41, 5.74) is 1.64. The number of furan rings is 1. The summed E-state index contributed by atoms with van der Waals surface area (Å²) in [6, 6.07) is 10.1. The van der Waals surface area contributed by atoms with E-state index in [0.29, 0.717) is 13.2 Å². The first-order valence-corrected chi connectivity index (χ1v) is 9.68. The number of nitrogens with zero attached hydrogens (tertiary/aromatic N) is 1. The lowest BCUT2D eigenvalue weighted by Gasteiger charge is -2.15. The van der Waals surface area contributed by atoms with Gasteiger partial charge >= 0.3 is 5.97 Å². The van der Waals surface area contributed by atoms with Crippen LogP contribution < -0.4 is 4.74 Å². The lowest BCUT2D eigenvalue weighted by atomic mass is 10.0. The van der Waals surface area contributed by atoms with Crippen LogP contribution in [0, 0.1) is 0 Å². The molecule has 0 bridgehead atoms. The van der Waals surface area contributed by atoms with Gasteiger partial charge in [0, 0.05) is 17.5 Å². The van der Waals surface area contributed by atoms with Gasteiger partial charge < -0.3 is 13.9 Å². The maximum atomic E-state index is 11.9. The molecule has 1 fully saturated rings. The summed E-state index contributed by atoms with van der Waals surface area (Å²) in [6.45, 7) is 6.24. The molecule has 2 aromatic carbocycles. The standard InChI is InChI=1S/C22H25NO4/c1-2-25-21(24)14-17-15-27-20-8-5-16-13-18(6-7-19(16)22(17)20)26-12-11-23-9-3-4-10-23/h5-8,13,15H,2-4,9-12,14H2,1H3. The maximum Gasteiger partial charge on any atom is 0.310 e. The molecule has 3 aromatic rings. The summed E-state index contributed by atoms with van der Waals surface area (Å²) in [6.07, 6.45) is 4.46. The first kappa shape index (κ1) is 17.9. The van der Waals surface area contributed by atoms with Crippen molar-refractivity contribution in [2.45, 2.75) is 26.2 Å². The first-order chi connectivity index (χ1) is 13.2. The van der Waals surface area contributed by atoms with Crippen molar-refractivity contribution in [3.8, 4) is 5.75 Å². The number of fused-ring (bicyclic) bond motifs is 3. The summed E-state index contributed by atoms with van der Waals surface area (Å²) >= 11 is 0. The van der Waals surface area contributed by atoms with E-state index in [1.165, 1.54) is 25.9 Å². The molecule has 0 amide bonds. The number of hydrogen-bond acceptors (Lipinski definition) is 5. The molecule has 1 aliphatic rings. The van der Waals surface area contributed by atoms with E-state index >= 15 is 0 Å². The van der Waals surface area contributed by atoms with Gasteiger partial charge in [-0.1, -0.05) is 6.07 Å². The predicted molar refractivity (Wildman–Crippen MR) is 105 cm³/mol. The summed E-state index contributed by atoms with van der Waals surface area (Å²) in [5.74, 6) is 0.635. The Morgan fingerprint density at radius 2 is 2.04 bits per heavy atom. The molecule has 2 heterocycles. The third-order valence-electron chi connectivity index (χ3n) is 5.12. The van der Waals surface area contributed by atoms with E-state index in [1.54, 1.807) is 6.26 Å². The van der Waals surface area contributed by atoms with Crippen LogP contribution in [0.2, 0.25) is 0 Å². The third kappa shape index (κ3) is 3.93. The number of hydrogen-bond donors (Lipinski definition) is 0. The van der Waals surface area contributed by atoms with Crippen LogP contribution in [0.3, 0.4) is 0 Å². The lowest BCUT2D eigenvalue weighted by molar-refractivity contribution is -0.142. The van der Waals surface area contributed by atoms with Crippen LogP contribution in [0.5, 0.6) is 5.75 Å². The number of benzene rings is 2. The summed E-state index contributed by atoms with van der Waals surface area (Å²) < 4.78 is 16.7. The number of carbonyl (C=O) groups excluding carboxylic acids is 1. The van der Waals surface area contributed by atoms with E-state index in [2.05, 4.69) is 11.0 Å². The van der Waals surface area contributed by atoms with Crippen LogP contribution in [-0.2, 0) is 16.0 Å². The molecule has 1 saturated heterocycles. The van der Waals surface area contributed by atoms with E-state index in [-0.39, 0.29) is 12.4 Å². The number of esters is 1. The molecular formula is C22H25NO4. The Morgan fingerprint density at radius 3 is 2.85 bits per heavy atom. The number of rotatable bonds is 7. The summed E-state index contributed by atoms with van der Waals surface area (Å²) in [4.78, 5) is 14.3. The highest BCUT2D eigenvalue weighted by molar-refractivity contribution is 6.08. The molecule has 0 saturated carbocycles. The van der Waals surface area contributed by atoms with Crippen molar-refractivity contribution in [3.63, 3.8) is 0 Å². The highest BCUT2D eigenvalue weighted by Crippen LogP contribution is 2.32. The van der Waals surface area contributed by atoms with Gasteiger partial charge in [-0.05, 0) is 67.9 Å². The largest absolute Gasteiger partial charge is 0.492 e. The second-order valence-corrected chi connectivity index (χ2v) is 6.96. The minimum atomic E-state index is -0.237. The molecule has 27 heavy (non-hydrogen) atoms. The molecule has 0 radical (unpaired) electrons.